The first-order valence-electron chi connectivity index (χ1n) is 6.32. The Hall–Kier alpha value is -2.29. The van der Waals surface area contributed by atoms with Crippen molar-refractivity contribution >= 4 is 5.78 Å². The van der Waals surface area contributed by atoms with Crippen molar-refractivity contribution in [3.63, 3.8) is 0 Å². The van der Waals surface area contributed by atoms with E-state index in [1.807, 2.05) is 30.3 Å². The average molecular weight is 254 g/mol. The summed E-state index contributed by atoms with van der Waals surface area (Å²) in [6, 6.07) is 14.5. The topological polar surface area (TPSA) is 46.5 Å². The maximum atomic E-state index is 12.1. The number of para-hydroxylation sites is 2. The quantitative estimate of drug-likeness (QED) is 0.916. The Bertz CT molecular complexity index is 619. The summed E-state index contributed by atoms with van der Waals surface area (Å²) >= 11 is 0. The number of hydrogen-bond acceptors (Lipinski definition) is 3. The van der Waals surface area contributed by atoms with Crippen molar-refractivity contribution in [1.82, 2.24) is 0 Å². The second-order valence-electron chi connectivity index (χ2n) is 4.63. The van der Waals surface area contributed by atoms with Gasteiger partial charge in [0.05, 0.1) is 5.56 Å². The van der Waals surface area contributed by atoms with Gasteiger partial charge in [-0.3, -0.25) is 4.79 Å². The molecule has 1 atom stereocenters. The van der Waals surface area contributed by atoms with Crippen molar-refractivity contribution in [2.75, 3.05) is 0 Å². The van der Waals surface area contributed by atoms with Crippen LogP contribution in [0.3, 0.4) is 0 Å². The zero-order chi connectivity index (χ0) is 13.2. The Morgan fingerprint density at radius 2 is 1.79 bits per heavy atom. The lowest BCUT2D eigenvalue weighted by Crippen LogP contribution is -2.21. The maximum Gasteiger partial charge on any atom is 0.207 e. The van der Waals surface area contributed by atoms with Gasteiger partial charge in [0, 0.05) is 0 Å². The Kier molecular flexibility index (Phi) is 2.95. The predicted octanol–water partition coefficient (Wildman–Crippen LogP) is 2.97. The molecule has 1 aliphatic heterocycles. The van der Waals surface area contributed by atoms with Crippen LogP contribution in [-0.2, 0) is 6.42 Å². The molecule has 1 unspecified atom stereocenters. The van der Waals surface area contributed by atoms with Crippen LogP contribution in [0.15, 0.2) is 48.5 Å². The molecule has 96 valence electrons. The summed E-state index contributed by atoms with van der Waals surface area (Å²) in [4.78, 5) is 12.1. The number of ether oxygens (including phenoxy) is 1. The third kappa shape index (κ3) is 2.19. The standard InChI is InChI=1S/C16H14O3/c17-13-7-3-1-5-11(13)9-10-15-16(18)12-6-2-4-8-14(12)19-15/h1-8,15,17H,9-10H2. The molecule has 0 bridgehead atoms. The van der Waals surface area contributed by atoms with Crippen molar-refractivity contribution in [2.45, 2.75) is 18.9 Å². The molecule has 3 heteroatoms. The smallest absolute Gasteiger partial charge is 0.207 e. The van der Waals surface area contributed by atoms with Crippen LogP contribution in [0.25, 0.3) is 0 Å². The van der Waals surface area contributed by atoms with Crippen LogP contribution < -0.4 is 4.74 Å². The number of ketones is 1. The molecule has 1 heterocycles. The normalized spacial score (nSPS) is 17.1. The van der Waals surface area contributed by atoms with Crippen LogP contribution >= 0.6 is 0 Å². The number of phenols is 1. The molecule has 2 aromatic carbocycles. The molecule has 0 saturated heterocycles. The Morgan fingerprint density at radius 3 is 2.58 bits per heavy atom. The summed E-state index contributed by atoms with van der Waals surface area (Å²) in [5, 5.41) is 9.70. The summed E-state index contributed by atoms with van der Waals surface area (Å²) in [5.41, 5.74) is 1.50. The fourth-order valence-electron chi connectivity index (χ4n) is 2.35. The first kappa shape index (κ1) is 11.8. The number of carbonyl (C=O) groups excluding carboxylic acids is 1. The molecule has 0 aliphatic carbocycles. The second-order valence-corrected chi connectivity index (χ2v) is 4.63. The van der Waals surface area contributed by atoms with Gasteiger partial charge in [0.2, 0.25) is 5.78 Å². The van der Waals surface area contributed by atoms with E-state index in [4.69, 9.17) is 4.74 Å². The van der Waals surface area contributed by atoms with Gasteiger partial charge in [-0.2, -0.15) is 0 Å². The van der Waals surface area contributed by atoms with Gasteiger partial charge in [-0.1, -0.05) is 30.3 Å². The van der Waals surface area contributed by atoms with E-state index in [9.17, 15) is 9.90 Å². The van der Waals surface area contributed by atoms with Gasteiger partial charge in [-0.15, -0.1) is 0 Å². The van der Waals surface area contributed by atoms with Crippen molar-refractivity contribution in [3.8, 4) is 11.5 Å². The third-order valence-electron chi connectivity index (χ3n) is 3.38. The molecule has 2 aromatic rings. The molecule has 19 heavy (non-hydrogen) atoms. The van der Waals surface area contributed by atoms with Gasteiger partial charge >= 0.3 is 0 Å². The first-order chi connectivity index (χ1) is 9.25. The third-order valence-corrected chi connectivity index (χ3v) is 3.38. The van der Waals surface area contributed by atoms with Crippen molar-refractivity contribution in [2.24, 2.45) is 0 Å². The lowest BCUT2D eigenvalue weighted by atomic mass is 10.0. The number of fused-ring (bicyclic) bond motifs is 1. The summed E-state index contributed by atoms with van der Waals surface area (Å²) in [6.07, 6.45) is 0.763. The Labute approximate surface area is 111 Å². The summed E-state index contributed by atoms with van der Waals surface area (Å²) in [5.74, 6) is 0.964. The van der Waals surface area contributed by atoms with Crippen LogP contribution in [0.1, 0.15) is 22.3 Å². The van der Waals surface area contributed by atoms with E-state index >= 15 is 0 Å². The average Bonchev–Trinajstić information content (AvgIpc) is 2.75. The van der Waals surface area contributed by atoms with Crippen LogP contribution in [-0.4, -0.2) is 17.0 Å². The molecule has 0 fully saturated rings. The van der Waals surface area contributed by atoms with Crippen LogP contribution in [0.2, 0.25) is 0 Å². The monoisotopic (exact) mass is 254 g/mol. The van der Waals surface area contributed by atoms with Crippen LogP contribution in [0, 0.1) is 0 Å². The number of Topliss-reactive ketones (excluding diaryl/α,β-unsaturated/α-hetero) is 1. The molecule has 0 radical (unpaired) electrons. The van der Waals surface area contributed by atoms with Crippen molar-refractivity contribution in [3.05, 3.63) is 59.7 Å². The van der Waals surface area contributed by atoms with Gasteiger partial charge < -0.3 is 9.84 Å². The minimum absolute atomic E-state index is 0.0334. The largest absolute Gasteiger partial charge is 0.508 e. The SMILES string of the molecule is O=C1c2ccccc2OC1CCc1ccccc1O. The fourth-order valence-corrected chi connectivity index (χ4v) is 2.35. The molecule has 0 amide bonds. The van der Waals surface area contributed by atoms with Gasteiger partial charge in [0.25, 0.3) is 0 Å². The number of carbonyl (C=O) groups is 1. The van der Waals surface area contributed by atoms with E-state index in [0.29, 0.717) is 24.2 Å². The number of aromatic hydroxyl groups is 1. The molecular weight excluding hydrogens is 240 g/mol. The molecule has 0 spiro atoms. The van der Waals surface area contributed by atoms with Gasteiger partial charge in [-0.25, -0.2) is 0 Å². The van der Waals surface area contributed by atoms with E-state index in [2.05, 4.69) is 0 Å². The Balaban J connectivity index is 1.71. The lowest BCUT2D eigenvalue weighted by molar-refractivity contribution is 0.0846. The molecule has 0 aromatic heterocycles. The molecule has 3 rings (SSSR count). The van der Waals surface area contributed by atoms with Crippen molar-refractivity contribution < 1.29 is 14.6 Å². The highest BCUT2D eigenvalue weighted by Crippen LogP contribution is 2.30. The highest BCUT2D eigenvalue weighted by atomic mass is 16.5. The number of hydrogen-bond donors (Lipinski definition) is 1. The summed E-state index contributed by atoms with van der Waals surface area (Å²) < 4.78 is 5.65. The van der Waals surface area contributed by atoms with Crippen molar-refractivity contribution in [1.29, 1.82) is 0 Å². The minimum Gasteiger partial charge on any atom is -0.508 e. The lowest BCUT2D eigenvalue weighted by Gasteiger charge is -2.10. The molecular formula is C16H14O3. The zero-order valence-electron chi connectivity index (χ0n) is 10.4. The minimum atomic E-state index is -0.433. The van der Waals surface area contributed by atoms with E-state index in [0.717, 1.165) is 5.56 Å². The molecule has 1 aliphatic rings. The molecule has 1 N–H and O–H groups in total. The van der Waals surface area contributed by atoms with Crippen LogP contribution in [0.5, 0.6) is 11.5 Å². The maximum absolute atomic E-state index is 12.1. The number of benzene rings is 2. The predicted molar refractivity (Wildman–Crippen MR) is 71.6 cm³/mol. The zero-order valence-corrected chi connectivity index (χ0v) is 10.4. The van der Waals surface area contributed by atoms with Gasteiger partial charge in [0.1, 0.15) is 11.5 Å². The van der Waals surface area contributed by atoms with E-state index in [1.54, 1.807) is 18.2 Å². The summed E-state index contributed by atoms with van der Waals surface area (Å²) in [7, 11) is 0. The molecule has 0 saturated carbocycles. The molecule has 3 nitrogen and oxygen atoms in total. The summed E-state index contributed by atoms with van der Waals surface area (Å²) in [6.45, 7) is 0. The van der Waals surface area contributed by atoms with Crippen LogP contribution in [0.4, 0.5) is 0 Å². The van der Waals surface area contributed by atoms with Gasteiger partial charge in [-0.05, 0) is 36.6 Å². The number of aryl methyl sites for hydroxylation is 1. The van der Waals surface area contributed by atoms with E-state index in [-0.39, 0.29) is 11.5 Å². The van der Waals surface area contributed by atoms with Gasteiger partial charge in [0.15, 0.2) is 6.10 Å². The fraction of sp³-hybridized carbons (Fsp3) is 0.188. The number of phenolic OH excluding ortho intramolecular Hbond substituents is 1. The highest BCUT2D eigenvalue weighted by molar-refractivity contribution is 6.04. The van der Waals surface area contributed by atoms with E-state index in [1.165, 1.54) is 0 Å². The number of rotatable bonds is 3. The van der Waals surface area contributed by atoms with E-state index < -0.39 is 6.10 Å². The Morgan fingerprint density at radius 1 is 1.05 bits per heavy atom. The highest BCUT2D eigenvalue weighted by Gasteiger charge is 2.31. The first-order valence-corrected chi connectivity index (χ1v) is 6.32. The second kappa shape index (κ2) is 4.76.